The first-order chi connectivity index (χ1) is 11.0. The molecule has 1 fully saturated rings. The minimum absolute atomic E-state index is 0.0681. The maximum atomic E-state index is 12.1. The van der Waals surface area contributed by atoms with E-state index in [1.807, 2.05) is 6.92 Å². The van der Waals surface area contributed by atoms with Crippen LogP contribution in [0.15, 0.2) is 12.1 Å². The molecule has 0 bridgehead atoms. The zero-order valence-corrected chi connectivity index (χ0v) is 13.4. The molecule has 3 aromatic rings. The lowest BCUT2D eigenvalue weighted by Gasteiger charge is -2.04. The van der Waals surface area contributed by atoms with Crippen LogP contribution in [0.3, 0.4) is 0 Å². The molecule has 0 radical (unpaired) electrons. The highest BCUT2D eigenvalue weighted by atomic mass is 16.2. The van der Waals surface area contributed by atoms with E-state index in [9.17, 15) is 4.79 Å². The molecule has 118 valence electrons. The molecule has 6 heteroatoms. The van der Waals surface area contributed by atoms with Crippen LogP contribution in [-0.2, 0) is 4.79 Å². The van der Waals surface area contributed by atoms with E-state index in [0.717, 1.165) is 35.3 Å². The third-order valence-electron chi connectivity index (χ3n) is 4.47. The minimum atomic E-state index is 0.0681. The molecule has 1 aliphatic rings. The normalized spacial score (nSPS) is 14.4. The summed E-state index contributed by atoms with van der Waals surface area (Å²) in [5.41, 5.74) is 6.51. The van der Waals surface area contributed by atoms with Gasteiger partial charge in [-0.1, -0.05) is 0 Å². The number of H-pyrrole nitrogens is 2. The number of benzene rings is 1. The van der Waals surface area contributed by atoms with Crippen molar-refractivity contribution in [3.05, 3.63) is 29.0 Å². The molecular weight excluding hydrogens is 290 g/mol. The van der Waals surface area contributed by atoms with Crippen molar-refractivity contribution in [2.24, 2.45) is 5.92 Å². The van der Waals surface area contributed by atoms with Crippen LogP contribution in [0, 0.1) is 26.7 Å². The highest BCUT2D eigenvalue weighted by Crippen LogP contribution is 2.33. The molecule has 2 heterocycles. The molecule has 3 N–H and O–H groups in total. The number of amides is 1. The number of imidazole rings is 1. The number of hydrogen-bond donors (Lipinski definition) is 3. The van der Waals surface area contributed by atoms with Gasteiger partial charge in [-0.15, -0.1) is 0 Å². The second-order valence-corrected chi connectivity index (χ2v) is 6.37. The zero-order valence-electron chi connectivity index (χ0n) is 13.4. The van der Waals surface area contributed by atoms with E-state index in [1.165, 1.54) is 11.1 Å². The molecular formula is C17H19N5O. The van der Waals surface area contributed by atoms with Gasteiger partial charge in [-0.05, 0) is 56.9 Å². The molecule has 1 aromatic carbocycles. The van der Waals surface area contributed by atoms with Crippen LogP contribution in [0.4, 0.5) is 5.69 Å². The Balaban J connectivity index is 1.76. The summed E-state index contributed by atoms with van der Waals surface area (Å²) in [6, 6.07) is 4.15. The van der Waals surface area contributed by atoms with E-state index < -0.39 is 0 Å². The number of aryl methyl sites for hydroxylation is 3. The fraction of sp³-hybridized carbons (Fsp3) is 0.353. The lowest BCUT2D eigenvalue weighted by molar-refractivity contribution is -0.117. The van der Waals surface area contributed by atoms with Crippen molar-refractivity contribution in [2.75, 3.05) is 5.32 Å². The topological polar surface area (TPSA) is 86.5 Å². The number of hydrogen-bond acceptors (Lipinski definition) is 3. The van der Waals surface area contributed by atoms with Gasteiger partial charge in [-0.25, -0.2) is 4.98 Å². The number of rotatable bonds is 3. The van der Waals surface area contributed by atoms with Crippen molar-refractivity contribution in [3.63, 3.8) is 0 Å². The molecule has 2 aromatic heterocycles. The summed E-state index contributed by atoms with van der Waals surface area (Å²) in [7, 11) is 0. The smallest absolute Gasteiger partial charge is 0.227 e. The third-order valence-corrected chi connectivity index (χ3v) is 4.47. The van der Waals surface area contributed by atoms with Gasteiger partial charge in [0.05, 0.1) is 22.4 Å². The van der Waals surface area contributed by atoms with Crippen LogP contribution >= 0.6 is 0 Å². The standard InChI is InChI=1S/C17H19N5O/c1-8-6-12-13(7-9(8)2)19-16(18-12)15-14(10(3)21-22-15)20-17(23)11-4-5-11/h6-7,11H,4-5H2,1-3H3,(H,18,19)(H,20,23)(H,21,22). The Morgan fingerprint density at radius 2 is 1.96 bits per heavy atom. The number of carbonyl (C=O) groups is 1. The second kappa shape index (κ2) is 4.94. The fourth-order valence-corrected chi connectivity index (χ4v) is 2.71. The summed E-state index contributed by atoms with van der Waals surface area (Å²) in [5, 5.41) is 10.3. The Morgan fingerprint density at radius 1 is 1.22 bits per heavy atom. The summed E-state index contributed by atoms with van der Waals surface area (Å²) in [6.07, 6.45) is 1.95. The monoisotopic (exact) mass is 309 g/mol. The Bertz CT molecular complexity index is 878. The average molecular weight is 309 g/mol. The summed E-state index contributed by atoms with van der Waals surface area (Å²) >= 11 is 0. The molecule has 1 saturated carbocycles. The first-order valence-corrected chi connectivity index (χ1v) is 7.86. The molecule has 4 rings (SSSR count). The number of anilines is 1. The predicted molar refractivity (Wildman–Crippen MR) is 89.2 cm³/mol. The largest absolute Gasteiger partial charge is 0.337 e. The van der Waals surface area contributed by atoms with Gasteiger partial charge >= 0.3 is 0 Å². The molecule has 6 nitrogen and oxygen atoms in total. The van der Waals surface area contributed by atoms with E-state index >= 15 is 0 Å². The molecule has 23 heavy (non-hydrogen) atoms. The van der Waals surface area contributed by atoms with E-state index in [0.29, 0.717) is 11.5 Å². The number of aromatic nitrogens is 4. The van der Waals surface area contributed by atoms with Crippen LogP contribution in [-0.4, -0.2) is 26.1 Å². The summed E-state index contributed by atoms with van der Waals surface area (Å²) < 4.78 is 0. The number of aromatic amines is 2. The summed E-state index contributed by atoms with van der Waals surface area (Å²) in [5.74, 6) is 0.886. The van der Waals surface area contributed by atoms with Gasteiger partial charge in [0.25, 0.3) is 0 Å². The molecule has 1 amide bonds. The van der Waals surface area contributed by atoms with E-state index in [4.69, 9.17) is 0 Å². The lowest BCUT2D eigenvalue weighted by Crippen LogP contribution is -2.14. The van der Waals surface area contributed by atoms with Crippen molar-refractivity contribution in [2.45, 2.75) is 33.6 Å². The van der Waals surface area contributed by atoms with E-state index in [1.54, 1.807) is 0 Å². The Kier molecular flexibility index (Phi) is 3.01. The molecule has 0 unspecified atom stereocenters. The van der Waals surface area contributed by atoms with Gasteiger partial charge in [-0.2, -0.15) is 5.10 Å². The van der Waals surface area contributed by atoms with Gasteiger partial charge < -0.3 is 10.3 Å². The summed E-state index contributed by atoms with van der Waals surface area (Å²) in [4.78, 5) is 20.0. The van der Waals surface area contributed by atoms with Gasteiger partial charge in [-0.3, -0.25) is 9.89 Å². The number of nitrogens with one attached hydrogen (secondary N) is 3. The number of nitrogens with zero attached hydrogens (tertiary/aromatic N) is 2. The zero-order chi connectivity index (χ0) is 16.1. The molecule has 0 spiro atoms. The van der Waals surface area contributed by atoms with Crippen LogP contribution in [0.2, 0.25) is 0 Å². The predicted octanol–water partition coefficient (Wildman–Crippen LogP) is 3.23. The lowest BCUT2D eigenvalue weighted by atomic mass is 10.1. The second-order valence-electron chi connectivity index (χ2n) is 6.37. The maximum Gasteiger partial charge on any atom is 0.227 e. The first kappa shape index (κ1) is 14.0. The number of carbonyl (C=O) groups excluding carboxylic acids is 1. The highest BCUT2D eigenvalue weighted by molar-refractivity contribution is 5.97. The highest BCUT2D eigenvalue weighted by Gasteiger charge is 2.31. The van der Waals surface area contributed by atoms with E-state index in [2.05, 4.69) is 51.5 Å². The average Bonchev–Trinajstić information content (AvgIpc) is 3.20. The van der Waals surface area contributed by atoms with Crippen molar-refractivity contribution < 1.29 is 4.79 Å². The minimum Gasteiger partial charge on any atom is -0.337 e. The Labute approximate surface area is 133 Å². The molecule has 1 aliphatic carbocycles. The Hall–Kier alpha value is -2.63. The van der Waals surface area contributed by atoms with Crippen molar-refractivity contribution in [1.82, 2.24) is 20.2 Å². The maximum absolute atomic E-state index is 12.1. The molecule has 0 aliphatic heterocycles. The first-order valence-electron chi connectivity index (χ1n) is 7.86. The van der Waals surface area contributed by atoms with Gasteiger partial charge in [0.2, 0.25) is 5.91 Å². The van der Waals surface area contributed by atoms with Crippen LogP contribution in [0.1, 0.15) is 29.7 Å². The van der Waals surface area contributed by atoms with Crippen molar-refractivity contribution >= 4 is 22.6 Å². The van der Waals surface area contributed by atoms with Crippen molar-refractivity contribution in [1.29, 1.82) is 0 Å². The number of fused-ring (bicyclic) bond motifs is 1. The summed E-state index contributed by atoms with van der Waals surface area (Å²) in [6.45, 7) is 6.05. The van der Waals surface area contributed by atoms with Crippen molar-refractivity contribution in [3.8, 4) is 11.5 Å². The van der Waals surface area contributed by atoms with Gasteiger partial charge in [0, 0.05) is 5.92 Å². The Morgan fingerprint density at radius 3 is 2.70 bits per heavy atom. The van der Waals surface area contributed by atoms with Gasteiger partial charge in [0.15, 0.2) is 11.5 Å². The van der Waals surface area contributed by atoms with E-state index in [-0.39, 0.29) is 11.8 Å². The van der Waals surface area contributed by atoms with Gasteiger partial charge in [0.1, 0.15) is 0 Å². The fourth-order valence-electron chi connectivity index (χ4n) is 2.71. The molecule has 0 atom stereocenters. The third kappa shape index (κ3) is 2.40. The molecule has 0 saturated heterocycles. The SMILES string of the molecule is Cc1cc2nc(-c3n[nH]c(C)c3NC(=O)C3CC3)[nH]c2cc1C. The van der Waals surface area contributed by atoms with Crippen LogP contribution in [0.5, 0.6) is 0 Å². The quantitative estimate of drug-likeness (QED) is 0.694. The van der Waals surface area contributed by atoms with Crippen LogP contribution in [0.25, 0.3) is 22.6 Å². The van der Waals surface area contributed by atoms with Crippen LogP contribution < -0.4 is 5.32 Å².